The molecule has 0 amide bonds. The van der Waals surface area contributed by atoms with Crippen molar-refractivity contribution in [1.82, 2.24) is 9.29 Å². The topological polar surface area (TPSA) is 88.3 Å². The first-order valence-corrected chi connectivity index (χ1v) is 9.26. The molecule has 0 saturated carbocycles. The summed E-state index contributed by atoms with van der Waals surface area (Å²) in [6, 6.07) is 1.52. The molecule has 1 heterocycles. The van der Waals surface area contributed by atoms with Gasteiger partial charge in [0.1, 0.15) is 4.90 Å². The van der Waals surface area contributed by atoms with Crippen LogP contribution in [0.2, 0.25) is 0 Å². The van der Waals surface area contributed by atoms with Gasteiger partial charge in [-0.1, -0.05) is 33.6 Å². The SMILES string of the molecule is CCC(CC)CN(CC)S(=O)(=O)c1cc(Br)cnc1NN. The van der Waals surface area contributed by atoms with E-state index in [1.54, 1.807) is 0 Å². The van der Waals surface area contributed by atoms with Crippen molar-refractivity contribution in [2.45, 2.75) is 38.5 Å². The number of nitrogen functional groups attached to an aromatic ring is 1. The molecule has 120 valence electrons. The van der Waals surface area contributed by atoms with Gasteiger partial charge >= 0.3 is 0 Å². The van der Waals surface area contributed by atoms with E-state index in [0.29, 0.717) is 23.5 Å². The summed E-state index contributed by atoms with van der Waals surface area (Å²) in [7, 11) is -3.63. The van der Waals surface area contributed by atoms with Crippen LogP contribution >= 0.6 is 15.9 Å². The minimum atomic E-state index is -3.63. The first-order valence-electron chi connectivity index (χ1n) is 7.02. The summed E-state index contributed by atoms with van der Waals surface area (Å²) in [6.45, 7) is 6.89. The van der Waals surface area contributed by atoms with Crippen molar-refractivity contribution < 1.29 is 8.42 Å². The quantitative estimate of drug-likeness (QED) is 0.535. The minimum absolute atomic E-state index is 0.0900. The lowest BCUT2D eigenvalue weighted by Crippen LogP contribution is -2.35. The van der Waals surface area contributed by atoms with Crippen molar-refractivity contribution in [3.63, 3.8) is 0 Å². The van der Waals surface area contributed by atoms with E-state index in [0.717, 1.165) is 12.8 Å². The molecule has 0 unspecified atom stereocenters. The number of hydrogen-bond donors (Lipinski definition) is 2. The maximum atomic E-state index is 12.8. The van der Waals surface area contributed by atoms with E-state index in [-0.39, 0.29) is 10.7 Å². The smallest absolute Gasteiger partial charge is 0.246 e. The minimum Gasteiger partial charge on any atom is -0.307 e. The largest absolute Gasteiger partial charge is 0.307 e. The van der Waals surface area contributed by atoms with Crippen LogP contribution in [0, 0.1) is 5.92 Å². The second-order valence-electron chi connectivity index (χ2n) is 4.78. The fraction of sp³-hybridized carbons (Fsp3) is 0.615. The first-order chi connectivity index (χ1) is 9.90. The number of hydrazine groups is 1. The predicted molar refractivity (Wildman–Crippen MR) is 88.3 cm³/mol. The van der Waals surface area contributed by atoms with Crippen LogP contribution in [0.25, 0.3) is 0 Å². The number of rotatable bonds is 8. The van der Waals surface area contributed by atoms with Gasteiger partial charge in [0.05, 0.1) is 0 Å². The van der Waals surface area contributed by atoms with Crippen LogP contribution < -0.4 is 11.3 Å². The number of pyridine rings is 1. The Hall–Kier alpha value is -0.700. The average molecular weight is 379 g/mol. The molecule has 0 aromatic carbocycles. The maximum absolute atomic E-state index is 12.8. The molecule has 0 bridgehead atoms. The standard InChI is InChI=1S/C13H23BrN4O2S/c1-4-10(5-2)9-18(6-3)21(19,20)12-7-11(14)8-16-13(12)17-15/h7-8,10H,4-6,9,15H2,1-3H3,(H,16,17). The van der Waals surface area contributed by atoms with Crippen LogP contribution in [-0.2, 0) is 10.0 Å². The molecule has 21 heavy (non-hydrogen) atoms. The van der Waals surface area contributed by atoms with Gasteiger partial charge in [-0.3, -0.25) is 0 Å². The van der Waals surface area contributed by atoms with Gasteiger partial charge in [0, 0.05) is 23.8 Å². The van der Waals surface area contributed by atoms with E-state index in [1.807, 2.05) is 6.92 Å². The first kappa shape index (κ1) is 18.3. The van der Waals surface area contributed by atoms with Gasteiger partial charge in [-0.15, -0.1) is 0 Å². The Morgan fingerprint density at radius 3 is 2.48 bits per heavy atom. The zero-order valence-corrected chi connectivity index (χ0v) is 15.0. The third-order valence-corrected chi connectivity index (χ3v) is 5.93. The van der Waals surface area contributed by atoms with Crippen molar-refractivity contribution in [3.05, 3.63) is 16.7 Å². The van der Waals surface area contributed by atoms with E-state index < -0.39 is 10.0 Å². The molecule has 6 nitrogen and oxygen atoms in total. The number of sulfonamides is 1. The number of hydrogen-bond acceptors (Lipinski definition) is 5. The molecule has 0 aliphatic carbocycles. The molecule has 0 fully saturated rings. The Kier molecular flexibility index (Phi) is 7.05. The Morgan fingerprint density at radius 2 is 2.00 bits per heavy atom. The lowest BCUT2D eigenvalue weighted by Gasteiger charge is -2.25. The van der Waals surface area contributed by atoms with E-state index >= 15 is 0 Å². The van der Waals surface area contributed by atoms with Crippen LogP contribution in [0.5, 0.6) is 0 Å². The van der Waals surface area contributed by atoms with Gasteiger partial charge in [-0.25, -0.2) is 19.2 Å². The van der Waals surface area contributed by atoms with Gasteiger partial charge in [0.25, 0.3) is 0 Å². The Balaban J connectivity index is 3.21. The van der Waals surface area contributed by atoms with Crippen molar-refractivity contribution >= 4 is 31.8 Å². The van der Waals surface area contributed by atoms with Crippen LogP contribution in [0.15, 0.2) is 21.6 Å². The van der Waals surface area contributed by atoms with Crippen molar-refractivity contribution in [2.24, 2.45) is 11.8 Å². The third-order valence-electron chi connectivity index (χ3n) is 3.54. The van der Waals surface area contributed by atoms with Crippen molar-refractivity contribution in [2.75, 3.05) is 18.5 Å². The number of nitrogens with one attached hydrogen (secondary N) is 1. The lowest BCUT2D eigenvalue weighted by atomic mass is 10.0. The molecule has 1 aromatic heterocycles. The lowest BCUT2D eigenvalue weighted by molar-refractivity contribution is 0.339. The molecular weight excluding hydrogens is 356 g/mol. The van der Waals surface area contributed by atoms with Gasteiger partial charge in [-0.05, 0) is 27.9 Å². The maximum Gasteiger partial charge on any atom is 0.246 e. The molecule has 0 saturated heterocycles. The number of nitrogens with zero attached hydrogens (tertiary/aromatic N) is 2. The fourth-order valence-electron chi connectivity index (χ4n) is 2.10. The second-order valence-corrected chi connectivity index (χ2v) is 7.60. The van der Waals surface area contributed by atoms with Crippen LogP contribution in [-0.4, -0.2) is 30.8 Å². The summed E-state index contributed by atoms with van der Waals surface area (Å²) in [6.07, 6.45) is 3.40. The highest BCUT2D eigenvalue weighted by Gasteiger charge is 2.28. The van der Waals surface area contributed by atoms with Crippen molar-refractivity contribution in [1.29, 1.82) is 0 Å². The van der Waals surface area contributed by atoms with Crippen LogP contribution in [0.4, 0.5) is 5.82 Å². The van der Waals surface area contributed by atoms with Crippen LogP contribution in [0.1, 0.15) is 33.6 Å². The molecule has 0 aliphatic heterocycles. The van der Waals surface area contributed by atoms with E-state index in [2.05, 4.69) is 40.2 Å². The zero-order valence-electron chi connectivity index (χ0n) is 12.6. The zero-order chi connectivity index (χ0) is 16.0. The molecule has 1 aromatic rings. The van der Waals surface area contributed by atoms with Crippen LogP contribution in [0.3, 0.4) is 0 Å². The normalized spacial score (nSPS) is 12.1. The van der Waals surface area contributed by atoms with E-state index in [1.165, 1.54) is 16.6 Å². The molecule has 0 spiro atoms. The third kappa shape index (κ3) is 4.38. The number of nitrogens with two attached hydrogens (primary N) is 1. The highest BCUT2D eigenvalue weighted by molar-refractivity contribution is 9.10. The summed E-state index contributed by atoms with van der Waals surface area (Å²) in [4.78, 5) is 4.10. The molecule has 0 atom stereocenters. The fourth-order valence-corrected chi connectivity index (χ4v) is 4.24. The summed E-state index contributed by atoms with van der Waals surface area (Å²) >= 11 is 3.25. The summed E-state index contributed by atoms with van der Waals surface area (Å²) in [5.41, 5.74) is 2.35. The number of anilines is 1. The summed E-state index contributed by atoms with van der Waals surface area (Å²) in [5, 5.41) is 0. The molecule has 0 radical (unpaired) electrons. The molecular formula is C13H23BrN4O2S. The molecule has 3 N–H and O–H groups in total. The van der Waals surface area contributed by atoms with Gasteiger partial charge in [0.2, 0.25) is 10.0 Å². The van der Waals surface area contributed by atoms with Gasteiger partial charge in [0.15, 0.2) is 5.82 Å². The Labute approximate surface area is 135 Å². The second kappa shape index (κ2) is 8.07. The highest BCUT2D eigenvalue weighted by Crippen LogP contribution is 2.26. The Bertz CT molecular complexity index is 561. The summed E-state index contributed by atoms with van der Waals surface area (Å²) in [5.74, 6) is 5.88. The average Bonchev–Trinajstić information content (AvgIpc) is 2.48. The van der Waals surface area contributed by atoms with E-state index in [9.17, 15) is 8.42 Å². The molecule has 8 heteroatoms. The molecule has 1 rings (SSSR count). The van der Waals surface area contributed by atoms with Gasteiger partial charge < -0.3 is 5.43 Å². The Morgan fingerprint density at radius 1 is 1.38 bits per heavy atom. The van der Waals surface area contributed by atoms with E-state index in [4.69, 9.17) is 5.84 Å². The number of halogens is 1. The molecule has 0 aliphatic rings. The highest BCUT2D eigenvalue weighted by atomic mass is 79.9. The van der Waals surface area contributed by atoms with Gasteiger partial charge in [-0.2, -0.15) is 4.31 Å². The predicted octanol–water partition coefficient (Wildman–Crippen LogP) is 2.58. The number of aromatic nitrogens is 1. The van der Waals surface area contributed by atoms with Crippen molar-refractivity contribution in [3.8, 4) is 0 Å². The monoisotopic (exact) mass is 378 g/mol. The summed E-state index contributed by atoms with van der Waals surface area (Å²) < 4.78 is 27.7.